The predicted octanol–water partition coefficient (Wildman–Crippen LogP) is 1.39. The number of fused-ring (bicyclic) bond motifs is 1. The van der Waals surface area contributed by atoms with Crippen molar-refractivity contribution in [3.63, 3.8) is 0 Å². The molecule has 1 N–H and O–H groups in total. The van der Waals surface area contributed by atoms with Gasteiger partial charge in [-0.1, -0.05) is 24.8 Å². The topological polar surface area (TPSA) is 49.4 Å². The number of amides is 2. The molecule has 1 aromatic rings. The molecule has 0 atom stereocenters. The third-order valence-corrected chi connectivity index (χ3v) is 3.28. The Morgan fingerprint density at radius 3 is 2.61 bits per heavy atom. The fraction of sp³-hybridized carbons (Fsp3) is 0.286. The lowest BCUT2D eigenvalue weighted by molar-refractivity contribution is -0.121. The van der Waals surface area contributed by atoms with Crippen LogP contribution in [-0.4, -0.2) is 29.3 Å². The summed E-state index contributed by atoms with van der Waals surface area (Å²) in [7, 11) is 0. The monoisotopic (exact) mass is 242 g/mol. The fourth-order valence-corrected chi connectivity index (χ4v) is 2.15. The van der Waals surface area contributed by atoms with E-state index < -0.39 is 0 Å². The van der Waals surface area contributed by atoms with Gasteiger partial charge < -0.3 is 5.32 Å². The number of hydrogen-bond donors (Lipinski definition) is 1. The zero-order valence-electron chi connectivity index (χ0n) is 9.98. The maximum Gasteiger partial charge on any atom is 0.259 e. The normalized spacial score (nSPS) is 17.9. The molecule has 4 nitrogen and oxygen atoms in total. The Labute approximate surface area is 105 Å². The van der Waals surface area contributed by atoms with Gasteiger partial charge in [-0.3, -0.25) is 14.5 Å². The van der Waals surface area contributed by atoms with Crippen molar-refractivity contribution >= 4 is 17.5 Å². The second-order valence-electron chi connectivity index (χ2n) is 4.73. The van der Waals surface area contributed by atoms with Crippen LogP contribution in [0.25, 0.3) is 5.70 Å². The van der Waals surface area contributed by atoms with Gasteiger partial charge in [0.15, 0.2) is 0 Å². The highest BCUT2D eigenvalue weighted by atomic mass is 16.2. The minimum absolute atomic E-state index is 0.0584. The van der Waals surface area contributed by atoms with Crippen molar-refractivity contribution in [1.29, 1.82) is 0 Å². The standard InChI is InChI=1S/C14H14N2O2/c1-9-11-4-2-3-5-12(11)14(18)16(9)8-13(17)15-10-6-7-10/h2-5,10H,1,6-8H2,(H,15,17). The van der Waals surface area contributed by atoms with Crippen LogP contribution in [0.5, 0.6) is 0 Å². The third-order valence-electron chi connectivity index (χ3n) is 3.28. The lowest BCUT2D eigenvalue weighted by atomic mass is 10.1. The van der Waals surface area contributed by atoms with E-state index >= 15 is 0 Å². The Bertz CT molecular complexity index is 511. The largest absolute Gasteiger partial charge is 0.352 e. The van der Waals surface area contributed by atoms with E-state index in [-0.39, 0.29) is 18.4 Å². The van der Waals surface area contributed by atoms with Gasteiger partial charge in [-0.05, 0) is 18.9 Å². The molecule has 2 amide bonds. The highest BCUT2D eigenvalue weighted by molar-refractivity contribution is 6.10. The van der Waals surface area contributed by atoms with Crippen molar-refractivity contribution < 1.29 is 9.59 Å². The first-order chi connectivity index (χ1) is 8.66. The SMILES string of the molecule is C=C1c2ccccc2C(=O)N1CC(=O)NC1CC1. The smallest absolute Gasteiger partial charge is 0.259 e. The molecule has 1 aromatic carbocycles. The zero-order chi connectivity index (χ0) is 12.7. The maximum atomic E-state index is 12.1. The number of nitrogens with one attached hydrogen (secondary N) is 1. The second-order valence-corrected chi connectivity index (χ2v) is 4.73. The number of benzene rings is 1. The van der Waals surface area contributed by atoms with Crippen LogP contribution in [0.1, 0.15) is 28.8 Å². The maximum absolute atomic E-state index is 12.1. The van der Waals surface area contributed by atoms with Crippen LogP contribution < -0.4 is 5.32 Å². The van der Waals surface area contributed by atoms with Crippen LogP contribution in [-0.2, 0) is 4.79 Å². The Balaban J connectivity index is 1.76. The summed E-state index contributed by atoms with van der Waals surface area (Å²) in [6.45, 7) is 3.96. The van der Waals surface area contributed by atoms with Crippen LogP contribution >= 0.6 is 0 Å². The number of rotatable bonds is 3. The average Bonchev–Trinajstić information content (AvgIpc) is 3.14. The minimum Gasteiger partial charge on any atom is -0.352 e. The number of carbonyl (C=O) groups excluding carboxylic acids is 2. The molecular weight excluding hydrogens is 228 g/mol. The van der Waals surface area contributed by atoms with Crippen molar-refractivity contribution in [2.75, 3.05) is 6.54 Å². The van der Waals surface area contributed by atoms with Gasteiger partial charge in [-0.2, -0.15) is 0 Å². The predicted molar refractivity (Wildman–Crippen MR) is 67.7 cm³/mol. The Morgan fingerprint density at radius 2 is 2.00 bits per heavy atom. The summed E-state index contributed by atoms with van der Waals surface area (Å²) in [6, 6.07) is 7.62. The van der Waals surface area contributed by atoms with E-state index in [1.807, 2.05) is 18.2 Å². The molecule has 0 bridgehead atoms. The van der Waals surface area contributed by atoms with E-state index in [9.17, 15) is 9.59 Å². The van der Waals surface area contributed by atoms with Crippen molar-refractivity contribution in [3.8, 4) is 0 Å². The zero-order valence-corrected chi connectivity index (χ0v) is 9.98. The average molecular weight is 242 g/mol. The Kier molecular flexibility index (Phi) is 2.44. The van der Waals surface area contributed by atoms with E-state index in [0.29, 0.717) is 17.3 Å². The molecule has 18 heavy (non-hydrogen) atoms. The number of carbonyl (C=O) groups is 2. The van der Waals surface area contributed by atoms with Gasteiger partial charge in [0.05, 0.1) is 0 Å². The molecule has 1 fully saturated rings. The van der Waals surface area contributed by atoms with Crippen molar-refractivity contribution in [2.45, 2.75) is 18.9 Å². The highest BCUT2D eigenvalue weighted by Gasteiger charge is 2.33. The summed E-state index contributed by atoms with van der Waals surface area (Å²) in [5.41, 5.74) is 2.06. The van der Waals surface area contributed by atoms with Crippen LogP contribution in [0.15, 0.2) is 30.8 Å². The summed E-state index contributed by atoms with van der Waals surface area (Å²) in [4.78, 5) is 25.3. The van der Waals surface area contributed by atoms with E-state index in [2.05, 4.69) is 11.9 Å². The van der Waals surface area contributed by atoms with Gasteiger partial charge >= 0.3 is 0 Å². The van der Waals surface area contributed by atoms with E-state index in [4.69, 9.17) is 0 Å². The van der Waals surface area contributed by atoms with E-state index in [1.165, 1.54) is 4.90 Å². The highest BCUT2D eigenvalue weighted by Crippen LogP contribution is 2.30. The Morgan fingerprint density at radius 1 is 1.33 bits per heavy atom. The van der Waals surface area contributed by atoms with Crippen LogP contribution in [0.2, 0.25) is 0 Å². The first kappa shape index (κ1) is 11.0. The van der Waals surface area contributed by atoms with Crippen LogP contribution in [0, 0.1) is 0 Å². The van der Waals surface area contributed by atoms with Crippen molar-refractivity contribution in [1.82, 2.24) is 10.2 Å². The number of nitrogens with zero attached hydrogens (tertiary/aromatic N) is 1. The summed E-state index contributed by atoms with van der Waals surface area (Å²) in [5.74, 6) is -0.249. The molecule has 3 rings (SSSR count). The molecule has 1 aliphatic carbocycles. The molecular formula is C14H14N2O2. The molecule has 1 aliphatic heterocycles. The summed E-state index contributed by atoms with van der Waals surface area (Å²) in [6.07, 6.45) is 2.09. The van der Waals surface area contributed by atoms with Crippen molar-refractivity contribution in [2.24, 2.45) is 0 Å². The lowest BCUT2D eigenvalue weighted by Gasteiger charge is -2.16. The van der Waals surface area contributed by atoms with Crippen LogP contribution in [0.3, 0.4) is 0 Å². The van der Waals surface area contributed by atoms with Gasteiger partial charge in [0.2, 0.25) is 5.91 Å². The third kappa shape index (κ3) is 1.79. The molecule has 1 saturated carbocycles. The molecule has 0 saturated heterocycles. The molecule has 0 unspecified atom stereocenters. The fourth-order valence-electron chi connectivity index (χ4n) is 2.15. The minimum atomic E-state index is -0.137. The summed E-state index contributed by atoms with van der Waals surface area (Å²) in [5, 5.41) is 2.87. The molecule has 1 heterocycles. The van der Waals surface area contributed by atoms with Gasteiger partial charge in [-0.25, -0.2) is 0 Å². The molecule has 4 heteroatoms. The lowest BCUT2D eigenvalue weighted by Crippen LogP contribution is -2.37. The Hall–Kier alpha value is -2.10. The molecule has 2 aliphatic rings. The van der Waals surface area contributed by atoms with E-state index in [0.717, 1.165) is 18.4 Å². The molecule has 92 valence electrons. The summed E-state index contributed by atoms with van der Waals surface area (Å²) >= 11 is 0. The second kappa shape index (κ2) is 3.98. The van der Waals surface area contributed by atoms with E-state index in [1.54, 1.807) is 6.07 Å². The van der Waals surface area contributed by atoms with Gasteiger partial charge in [0.1, 0.15) is 6.54 Å². The van der Waals surface area contributed by atoms with Gasteiger partial charge in [-0.15, -0.1) is 0 Å². The van der Waals surface area contributed by atoms with Crippen molar-refractivity contribution in [3.05, 3.63) is 42.0 Å². The molecule has 0 aromatic heterocycles. The van der Waals surface area contributed by atoms with Crippen LogP contribution in [0.4, 0.5) is 0 Å². The summed E-state index contributed by atoms with van der Waals surface area (Å²) < 4.78 is 0. The first-order valence-electron chi connectivity index (χ1n) is 6.06. The molecule has 0 radical (unpaired) electrons. The number of hydrogen-bond acceptors (Lipinski definition) is 2. The first-order valence-corrected chi connectivity index (χ1v) is 6.06. The quantitative estimate of drug-likeness (QED) is 0.870. The molecule has 0 spiro atoms. The van der Waals surface area contributed by atoms with Gasteiger partial charge in [0, 0.05) is 22.9 Å². The van der Waals surface area contributed by atoms with Gasteiger partial charge in [0.25, 0.3) is 5.91 Å².